The second-order valence-corrected chi connectivity index (χ2v) is 6.95. The van der Waals surface area contributed by atoms with E-state index in [9.17, 15) is 0 Å². The molecule has 2 heterocycles. The maximum atomic E-state index is 6.54. The predicted octanol–water partition coefficient (Wildman–Crippen LogP) is 3.78. The Balaban J connectivity index is 1.75. The Kier molecular flexibility index (Phi) is 3.59. The zero-order valence-corrected chi connectivity index (χ0v) is 13.4. The number of anilines is 1. The van der Waals surface area contributed by atoms with Crippen molar-refractivity contribution in [3.05, 3.63) is 64.2 Å². The van der Waals surface area contributed by atoms with Gasteiger partial charge >= 0.3 is 0 Å². The molecule has 0 aromatic heterocycles. The summed E-state index contributed by atoms with van der Waals surface area (Å²) in [4.78, 5) is 0. The molecule has 0 spiro atoms. The van der Waals surface area contributed by atoms with Gasteiger partial charge in [-0.25, -0.2) is 0 Å². The molecule has 0 saturated carbocycles. The lowest BCUT2D eigenvalue weighted by Crippen LogP contribution is -2.31. The highest BCUT2D eigenvalue weighted by Crippen LogP contribution is 2.40. The summed E-state index contributed by atoms with van der Waals surface area (Å²) < 4.78 is 0. The van der Waals surface area contributed by atoms with Crippen LogP contribution >= 0.6 is 11.6 Å². The summed E-state index contributed by atoms with van der Waals surface area (Å²) in [6.07, 6.45) is 3.32. The van der Waals surface area contributed by atoms with Gasteiger partial charge in [-0.05, 0) is 48.6 Å². The Bertz CT molecular complexity index is 675. The lowest BCUT2D eigenvalue weighted by Gasteiger charge is -2.30. The van der Waals surface area contributed by atoms with E-state index in [-0.39, 0.29) is 5.41 Å². The van der Waals surface area contributed by atoms with Crippen molar-refractivity contribution >= 4 is 17.3 Å². The molecule has 2 nitrogen and oxygen atoms in total. The second kappa shape index (κ2) is 5.60. The average molecular weight is 313 g/mol. The van der Waals surface area contributed by atoms with E-state index in [4.69, 9.17) is 11.6 Å². The van der Waals surface area contributed by atoms with E-state index in [1.165, 1.54) is 23.1 Å². The first kappa shape index (κ1) is 14.1. The molecule has 4 rings (SSSR count). The molecule has 0 aliphatic carbocycles. The van der Waals surface area contributed by atoms with Gasteiger partial charge < -0.3 is 10.6 Å². The molecule has 1 saturated heterocycles. The van der Waals surface area contributed by atoms with Gasteiger partial charge in [0.2, 0.25) is 0 Å². The molecule has 0 bridgehead atoms. The van der Waals surface area contributed by atoms with Crippen LogP contribution in [0.4, 0.5) is 5.69 Å². The number of hydrogen-bond donors (Lipinski definition) is 2. The molecule has 2 aromatic carbocycles. The van der Waals surface area contributed by atoms with E-state index in [0.717, 1.165) is 43.2 Å². The Labute approximate surface area is 136 Å². The Morgan fingerprint density at radius 1 is 1.09 bits per heavy atom. The Morgan fingerprint density at radius 2 is 1.95 bits per heavy atom. The predicted molar refractivity (Wildman–Crippen MR) is 93.0 cm³/mol. The first-order chi connectivity index (χ1) is 10.8. The molecular weight excluding hydrogens is 292 g/mol. The first-order valence-corrected chi connectivity index (χ1v) is 8.46. The van der Waals surface area contributed by atoms with Crippen LogP contribution in [0.2, 0.25) is 5.02 Å². The average Bonchev–Trinajstić information content (AvgIpc) is 3.18. The summed E-state index contributed by atoms with van der Waals surface area (Å²) in [5.74, 6) is 0. The summed E-state index contributed by atoms with van der Waals surface area (Å²) in [6, 6.07) is 15.4. The lowest BCUT2D eigenvalue weighted by atomic mass is 9.74. The highest BCUT2D eigenvalue weighted by atomic mass is 35.5. The van der Waals surface area contributed by atoms with Gasteiger partial charge in [-0.2, -0.15) is 0 Å². The summed E-state index contributed by atoms with van der Waals surface area (Å²) >= 11 is 6.54. The highest BCUT2D eigenvalue weighted by Gasteiger charge is 2.36. The molecular formula is C19H21ClN2. The van der Waals surface area contributed by atoms with Gasteiger partial charge in [-0.1, -0.05) is 48.0 Å². The fourth-order valence-electron chi connectivity index (χ4n) is 3.92. The van der Waals surface area contributed by atoms with E-state index in [0.29, 0.717) is 0 Å². The molecule has 2 aliphatic rings. The Morgan fingerprint density at radius 3 is 2.73 bits per heavy atom. The van der Waals surface area contributed by atoms with Crippen LogP contribution in [0.15, 0.2) is 42.5 Å². The van der Waals surface area contributed by atoms with Gasteiger partial charge in [0.25, 0.3) is 0 Å². The van der Waals surface area contributed by atoms with E-state index >= 15 is 0 Å². The molecule has 1 unspecified atom stereocenters. The van der Waals surface area contributed by atoms with E-state index < -0.39 is 0 Å². The third kappa shape index (κ3) is 2.41. The number of benzene rings is 2. The minimum absolute atomic E-state index is 0.169. The molecule has 1 fully saturated rings. The largest absolute Gasteiger partial charge is 0.383 e. The lowest BCUT2D eigenvalue weighted by molar-refractivity contribution is 0.467. The monoisotopic (exact) mass is 312 g/mol. The van der Waals surface area contributed by atoms with Crippen molar-refractivity contribution in [2.75, 3.05) is 25.0 Å². The van der Waals surface area contributed by atoms with Gasteiger partial charge in [0.15, 0.2) is 0 Å². The Hall–Kier alpha value is -1.51. The molecule has 0 radical (unpaired) electrons. The first-order valence-electron chi connectivity index (χ1n) is 8.08. The summed E-state index contributed by atoms with van der Waals surface area (Å²) in [5.41, 5.74) is 5.49. The molecule has 2 N–H and O–H groups in total. The van der Waals surface area contributed by atoms with Crippen molar-refractivity contribution in [3.63, 3.8) is 0 Å². The maximum absolute atomic E-state index is 6.54. The molecule has 22 heavy (non-hydrogen) atoms. The second-order valence-electron chi connectivity index (χ2n) is 6.54. The third-order valence-electron chi connectivity index (χ3n) is 5.11. The summed E-state index contributed by atoms with van der Waals surface area (Å²) in [7, 11) is 0. The molecule has 1 atom stereocenters. The van der Waals surface area contributed by atoms with Gasteiger partial charge in [0.1, 0.15) is 0 Å². The zero-order valence-electron chi connectivity index (χ0n) is 12.7. The highest BCUT2D eigenvalue weighted by molar-refractivity contribution is 6.33. The van der Waals surface area contributed by atoms with Crippen LogP contribution in [0, 0.1) is 0 Å². The van der Waals surface area contributed by atoms with Crippen LogP contribution in [-0.4, -0.2) is 19.6 Å². The van der Waals surface area contributed by atoms with E-state index in [2.05, 4.69) is 53.1 Å². The third-order valence-corrected chi connectivity index (χ3v) is 5.41. The zero-order chi connectivity index (χ0) is 15.0. The van der Waals surface area contributed by atoms with E-state index in [1.54, 1.807) is 0 Å². The summed E-state index contributed by atoms with van der Waals surface area (Å²) in [5, 5.41) is 7.84. The standard InChI is InChI=1S/C19H21ClN2/c20-17-11-16(10-15-6-8-22-18(15)17)19(7-9-21-13-19)12-14-4-2-1-3-5-14/h1-5,10-11,21-22H,6-9,12-13H2. The van der Waals surface area contributed by atoms with Crippen molar-refractivity contribution < 1.29 is 0 Å². The number of rotatable bonds is 3. The molecule has 2 aliphatic heterocycles. The number of halogens is 1. The van der Waals surface area contributed by atoms with Crippen molar-refractivity contribution in [2.24, 2.45) is 0 Å². The number of fused-ring (bicyclic) bond motifs is 1. The quantitative estimate of drug-likeness (QED) is 0.901. The molecule has 2 aromatic rings. The SMILES string of the molecule is Clc1cc(C2(Cc3ccccc3)CCNC2)cc2c1NCC2. The normalized spacial score (nSPS) is 23.3. The van der Waals surface area contributed by atoms with Crippen LogP contribution in [0.5, 0.6) is 0 Å². The summed E-state index contributed by atoms with van der Waals surface area (Å²) in [6.45, 7) is 3.12. The fourth-order valence-corrected chi connectivity index (χ4v) is 4.22. The number of nitrogens with one attached hydrogen (secondary N) is 2. The van der Waals surface area contributed by atoms with Crippen molar-refractivity contribution in [1.29, 1.82) is 0 Å². The van der Waals surface area contributed by atoms with Crippen LogP contribution in [0.25, 0.3) is 0 Å². The van der Waals surface area contributed by atoms with E-state index in [1.807, 2.05) is 0 Å². The fraction of sp³-hybridized carbons (Fsp3) is 0.368. The van der Waals surface area contributed by atoms with Gasteiger partial charge in [0.05, 0.1) is 10.7 Å². The van der Waals surface area contributed by atoms with Crippen molar-refractivity contribution in [2.45, 2.75) is 24.7 Å². The van der Waals surface area contributed by atoms with Crippen molar-refractivity contribution in [1.82, 2.24) is 5.32 Å². The minimum atomic E-state index is 0.169. The molecule has 114 valence electrons. The number of hydrogen-bond acceptors (Lipinski definition) is 2. The van der Waals surface area contributed by atoms with Gasteiger partial charge in [-0.3, -0.25) is 0 Å². The van der Waals surface area contributed by atoms with Crippen LogP contribution in [0.3, 0.4) is 0 Å². The van der Waals surface area contributed by atoms with Gasteiger partial charge in [0, 0.05) is 18.5 Å². The van der Waals surface area contributed by atoms with Gasteiger partial charge in [-0.15, -0.1) is 0 Å². The topological polar surface area (TPSA) is 24.1 Å². The molecule has 3 heteroatoms. The maximum Gasteiger partial charge on any atom is 0.0643 e. The smallest absolute Gasteiger partial charge is 0.0643 e. The van der Waals surface area contributed by atoms with Crippen LogP contribution in [-0.2, 0) is 18.3 Å². The van der Waals surface area contributed by atoms with Crippen LogP contribution in [0.1, 0.15) is 23.1 Å². The van der Waals surface area contributed by atoms with Crippen LogP contribution < -0.4 is 10.6 Å². The molecule has 0 amide bonds. The minimum Gasteiger partial charge on any atom is -0.383 e. The van der Waals surface area contributed by atoms with Crippen molar-refractivity contribution in [3.8, 4) is 0 Å².